The van der Waals surface area contributed by atoms with Crippen LogP contribution in [0.15, 0.2) is 36.7 Å². The van der Waals surface area contributed by atoms with E-state index in [0.29, 0.717) is 58.5 Å². The third-order valence-corrected chi connectivity index (χ3v) is 9.34. The molecule has 13 heteroatoms. The lowest BCUT2D eigenvalue weighted by Gasteiger charge is -2.48. The van der Waals surface area contributed by atoms with Crippen molar-refractivity contribution in [2.45, 2.75) is 77.6 Å². The quantitative estimate of drug-likeness (QED) is 0.343. The van der Waals surface area contributed by atoms with Gasteiger partial charge in [0.2, 0.25) is 12.3 Å². The van der Waals surface area contributed by atoms with Gasteiger partial charge >= 0.3 is 0 Å². The Morgan fingerprint density at radius 1 is 1.27 bits per heavy atom. The lowest BCUT2D eigenvalue weighted by molar-refractivity contribution is -0.137. The van der Waals surface area contributed by atoms with Crippen LogP contribution in [-0.2, 0) is 14.3 Å². The number of ether oxygens (including phenoxy) is 3. The highest BCUT2D eigenvalue weighted by Crippen LogP contribution is 2.46. The number of nitrogens with zero attached hydrogens (tertiary/aromatic N) is 4. The molecular formula is C31H40FN5O6S. The first-order valence-corrected chi connectivity index (χ1v) is 15.5. The first-order valence-electron chi connectivity index (χ1n) is 14.7. The van der Waals surface area contributed by atoms with Gasteiger partial charge in [-0.05, 0) is 71.7 Å². The Morgan fingerprint density at radius 3 is 2.64 bits per heavy atom. The Morgan fingerprint density at radius 2 is 2.00 bits per heavy atom. The van der Waals surface area contributed by atoms with Gasteiger partial charge in [-0.1, -0.05) is 11.3 Å². The number of halogens is 1. The van der Waals surface area contributed by atoms with Crippen LogP contribution in [0.4, 0.5) is 9.39 Å². The Hall–Kier alpha value is -3.52. The minimum Gasteiger partial charge on any atom is -0.496 e. The second-order valence-electron chi connectivity index (χ2n) is 11.8. The van der Waals surface area contributed by atoms with E-state index in [-0.39, 0.29) is 18.7 Å². The maximum atomic E-state index is 14.7. The Bertz CT molecular complexity index is 1490. The largest absolute Gasteiger partial charge is 0.496 e. The number of aromatic nitrogens is 2. The van der Waals surface area contributed by atoms with Crippen LogP contribution in [0, 0.1) is 12.7 Å². The van der Waals surface area contributed by atoms with E-state index in [9.17, 15) is 19.1 Å². The van der Waals surface area contributed by atoms with Crippen molar-refractivity contribution < 1.29 is 33.3 Å². The van der Waals surface area contributed by atoms with Crippen molar-refractivity contribution in [2.75, 3.05) is 31.8 Å². The number of methoxy groups -OCH3 is 1. The molecule has 0 saturated carbocycles. The van der Waals surface area contributed by atoms with Crippen molar-refractivity contribution in [1.29, 1.82) is 0 Å². The van der Waals surface area contributed by atoms with Crippen LogP contribution in [0.2, 0.25) is 0 Å². The van der Waals surface area contributed by atoms with Crippen LogP contribution in [0.1, 0.15) is 68.1 Å². The highest BCUT2D eigenvalue weighted by Gasteiger charge is 2.50. The molecule has 5 rings (SSSR count). The van der Waals surface area contributed by atoms with Gasteiger partial charge in [-0.3, -0.25) is 14.5 Å². The molecule has 2 aromatic heterocycles. The standard InChI is InChI=1S/C31H40FN5O6S/c1-18(2)34-29(39)31(4,5)37-26(38)25-19(3)27(36-13-7-12-33-36)44-28(25)35(30(37)40)17-24(43-21-10-14-42-15-11-21)22-16-20(32)8-9-23(22)41-6/h7-9,12-13,16,18,21,24,30,40H,10-11,14-15,17H2,1-6H3,(H,34,39)/t24-,30?/m0/s1. The van der Waals surface area contributed by atoms with E-state index >= 15 is 0 Å². The van der Waals surface area contributed by atoms with E-state index < -0.39 is 35.6 Å². The van der Waals surface area contributed by atoms with Crippen molar-refractivity contribution in [2.24, 2.45) is 0 Å². The van der Waals surface area contributed by atoms with Crippen LogP contribution in [0.5, 0.6) is 5.75 Å². The fraction of sp³-hybridized carbons (Fsp3) is 0.516. The average Bonchev–Trinajstić information content (AvgIpc) is 3.63. The smallest absolute Gasteiger partial charge is 0.261 e. The van der Waals surface area contributed by atoms with E-state index in [1.165, 1.54) is 35.5 Å². The molecule has 0 radical (unpaired) electrons. The van der Waals surface area contributed by atoms with Crippen molar-refractivity contribution in [3.05, 3.63) is 59.2 Å². The SMILES string of the molecule is COc1ccc(F)cc1[C@H](CN1c2sc(-n3cccn3)c(C)c2C(=O)N(C(C)(C)C(=O)NC(C)C)C1O)OC1CCOCC1. The minimum atomic E-state index is -1.55. The molecule has 11 nitrogen and oxygen atoms in total. The van der Waals surface area contributed by atoms with Crippen LogP contribution in [0.3, 0.4) is 0 Å². The summed E-state index contributed by atoms with van der Waals surface area (Å²) in [6.45, 7) is 9.79. The third kappa shape index (κ3) is 6.06. The summed E-state index contributed by atoms with van der Waals surface area (Å²) in [7, 11) is 1.51. The second-order valence-corrected chi connectivity index (χ2v) is 12.8. The van der Waals surface area contributed by atoms with E-state index in [2.05, 4.69) is 10.4 Å². The molecule has 238 valence electrons. The number of thiophene rings is 1. The lowest BCUT2D eigenvalue weighted by atomic mass is 9.97. The number of aliphatic hydroxyl groups excluding tert-OH is 1. The topological polar surface area (TPSA) is 118 Å². The third-order valence-electron chi connectivity index (χ3n) is 8.02. The van der Waals surface area contributed by atoms with E-state index in [0.717, 1.165) is 0 Å². The molecule has 3 aromatic rings. The highest BCUT2D eigenvalue weighted by molar-refractivity contribution is 7.19. The lowest BCUT2D eigenvalue weighted by Crippen LogP contribution is -2.67. The maximum Gasteiger partial charge on any atom is 0.261 e. The predicted molar refractivity (Wildman–Crippen MR) is 164 cm³/mol. The first-order chi connectivity index (χ1) is 20.9. The molecule has 1 saturated heterocycles. The monoisotopic (exact) mass is 629 g/mol. The molecule has 1 aromatic carbocycles. The van der Waals surface area contributed by atoms with Crippen molar-refractivity contribution >= 4 is 28.2 Å². The van der Waals surface area contributed by atoms with Gasteiger partial charge in [0.05, 0.1) is 25.3 Å². The van der Waals surface area contributed by atoms with Gasteiger partial charge < -0.3 is 29.5 Å². The zero-order chi connectivity index (χ0) is 31.8. The van der Waals surface area contributed by atoms with Gasteiger partial charge in [0.1, 0.15) is 33.2 Å². The fourth-order valence-electron chi connectivity index (χ4n) is 5.68. The number of fused-ring (bicyclic) bond motifs is 1. The van der Waals surface area contributed by atoms with Gasteiger partial charge in [-0.15, -0.1) is 0 Å². The molecule has 0 spiro atoms. The van der Waals surface area contributed by atoms with Gasteiger partial charge in [0, 0.05) is 42.8 Å². The summed E-state index contributed by atoms with van der Waals surface area (Å²) in [5.74, 6) is -0.924. The number of amides is 2. The summed E-state index contributed by atoms with van der Waals surface area (Å²) >= 11 is 1.30. The number of hydrogen-bond acceptors (Lipinski definition) is 9. The van der Waals surface area contributed by atoms with E-state index in [1.807, 2.05) is 20.8 Å². The number of aliphatic hydroxyl groups is 1. The number of nitrogens with one attached hydrogen (secondary N) is 1. The summed E-state index contributed by atoms with van der Waals surface area (Å²) in [5.41, 5.74) is 0.0385. The Labute approximate surface area is 260 Å². The number of carbonyl (C=O) groups excluding carboxylic acids is 2. The summed E-state index contributed by atoms with van der Waals surface area (Å²) in [5, 5.41) is 20.5. The number of carbonyl (C=O) groups is 2. The van der Waals surface area contributed by atoms with Gasteiger partial charge in [0.25, 0.3) is 5.91 Å². The van der Waals surface area contributed by atoms with Crippen LogP contribution >= 0.6 is 11.3 Å². The maximum absolute atomic E-state index is 14.7. The summed E-state index contributed by atoms with van der Waals surface area (Å²) < 4.78 is 34.1. The number of anilines is 1. The zero-order valence-electron chi connectivity index (χ0n) is 25.9. The van der Waals surface area contributed by atoms with Gasteiger partial charge in [0.15, 0.2) is 0 Å². The minimum absolute atomic E-state index is 0.0233. The van der Waals surface area contributed by atoms with Crippen molar-refractivity contribution in [1.82, 2.24) is 20.0 Å². The summed E-state index contributed by atoms with van der Waals surface area (Å²) in [6.07, 6.45) is 2.22. The van der Waals surface area contributed by atoms with E-state index in [4.69, 9.17) is 14.2 Å². The van der Waals surface area contributed by atoms with Crippen LogP contribution < -0.4 is 15.0 Å². The molecule has 0 aliphatic carbocycles. The fourth-order valence-corrected chi connectivity index (χ4v) is 6.95. The molecule has 4 heterocycles. The van der Waals surface area contributed by atoms with Crippen molar-refractivity contribution in [3.63, 3.8) is 0 Å². The van der Waals surface area contributed by atoms with Crippen molar-refractivity contribution in [3.8, 4) is 10.8 Å². The molecule has 2 atom stereocenters. The van der Waals surface area contributed by atoms with Crippen LogP contribution in [-0.4, -0.2) is 82.5 Å². The van der Waals surface area contributed by atoms with Gasteiger partial charge in [-0.2, -0.15) is 5.10 Å². The van der Waals surface area contributed by atoms with E-state index in [1.54, 1.807) is 48.0 Å². The summed E-state index contributed by atoms with van der Waals surface area (Å²) in [4.78, 5) is 30.6. The number of rotatable bonds is 10. The number of hydrogen-bond donors (Lipinski definition) is 2. The highest BCUT2D eigenvalue weighted by atomic mass is 32.1. The van der Waals surface area contributed by atoms with Gasteiger partial charge in [-0.25, -0.2) is 9.07 Å². The first kappa shape index (κ1) is 31.9. The molecule has 2 aliphatic rings. The molecule has 1 fully saturated rings. The Kier molecular flexibility index (Phi) is 9.30. The zero-order valence-corrected chi connectivity index (χ0v) is 26.7. The molecular weight excluding hydrogens is 589 g/mol. The molecule has 2 N–H and O–H groups in total. The van der Waals surface area contributed by atoms with Crippen LogP contribution in [0.25, 0.3) is 5.00 Å². The predicted octanol–water partition coefficient (Wildman–Crippen LogP) is 4.17. The molecule has 0 bridgehead atoms. The number of benzene rings is 1. The molecule has 44 heavy (non-hydrogen) atoms. The second kappa shape index (κ2) is 12.8. The normalized spacial score (nSPS) is 18.5. The molecule has 1 unspecified atom stereocenters. The molecule has 2 aliphatic heterocycles. The average molecular weight is 630 g/mol. The summed E-state index contributed by atoms with van der Waals surface area (Å²) in [6, 6.07) is 5.84. The Balaban J connectivity index is 1.64. The molecule has 2 amide bonds.